The topological polar surface area (TPSA) is 83.3 Å². The van der Waals surface area contributed by atoms with Crippen LogP contribution in [0.25, 0.3) is 27.5 Å². The number of nitrogens with zero attached hydrogens (tertiary/aromatic N) is 4. The summed E-state index contributed by atoms with van der Waals surface area (Å²) in [6.07, 6.45) is 6.45. The first-order chi connectivity index (χ1) is 21.5. The fourth-order valence-electron chi connectivity index (χ4n) is 6.89. The zero-order valence-electron chi connectivity index (χ0n) is 25.8. The molecule has 0 amide bonds. The maximum atomic E-state index is 6.59. The third-order valence-corrected chi connectivity index (χ3v) is 9.92. The van der Waals surface area contributed by atoms with Crippen molar-refractivity contribution in [2.24, 2.45) is 5.41 Å². The Morgan fingerprint density at radius 1 is 1.11 bits per heavy atom. The van der Waals surface area contributed by atoms with Crippen LogP contribution in [0, 0.1) is 5.41 Å². The van der Waals surface area contributed by atoms with Gasteiger partial charge in [-0.25, -0.2) is 15.0 Å². The Hall–Kier alpha value is -3.50. The molecule has 1 saturated heterocycles. The van der Waals surface area contributed by atoms with Gasteiger partial charge >= 0.3 is 0 Å². The summed E-state index contributed by atoms with van der Waals surface area (Å²) in [6.45, 7) is 9.05. The van der Waals surface area contributed by atoms with E-state index in [0.717, 1.165) is 61.1 Å². The van der Waals surface area contributed by atoms with Gasteiger partial charge in [0.1, 0.15) is 34.8 Å². The Morgan fingerprint density at radius 2 is 1.91 bits per heavy atom. The number of hydrogen-bond acceptors (Lipinski definition) is 7. The van der Waals surface area contributed by atoms with E-state index >= 15 is 0 Å². The Bertz CT molecular complexity index is 1940. The molecular formula is C35H35BrClN5O3. The molecule has 1 saturated carbocycles. The molecular weight excluding hydrogens is 654 g/mol. The number of fused-ring (bicyclic) bond motifs is 3. The number of pyridine rings is 1. The Morgan fingerprint density at radius 3 is 2.69 bits per heavy atom. The van der Waals surface area contributed by atoms with Gasteiger partial charge in [-0.05, 0) is 90.2 Å². The maximum Gasteiger partial charge on any atom is 0.163 e. The van der Waals surface area contributed by atoms with Crippen molar-refractivity contribution in [3.63, 3.8) is 0 Å². The van der Waals surface area contributed by atoms with Crippen LogP contribution in [-0.2, 0) is 16.0 Å². The SMILES string of the molecule is COc1ccc(CNc2nc3cc(/C(C)=C/[C@@]4(C)C[C@@H](n5ccc6c(Cl)ncnc65)[C@@H]5OC(C)(C)O[C@@H]54)ccc3cc2Br)cc1. The third-order valence-electron chi connectivity index (χ3n) is 9.02. The number of aromatic nitrogens is 4. The highest BCUT2D eigenvalue weighted by Gasteiger charge is 2.59. The van der Waals surface area contributed by atoms with Gasteiger partial charge < -0.3 is 24.1 Å². The van der Waals surface area contributed by atoms with Gasteiger partial charge in [0.2, 0.25) is 0 Å². The van der Waals surface area contributed by atoms with Gasteiger partial charge in [-0.3, -0.25) is 0 Å². The van der Waals surface area contributed by atoms with E-state index < -0.39 is 5.79 Å². The molecule has 0 bridgehead atoms. The fraction of sp³-hybridized carbons (Fsp3) is 0.343. The number of rotatable bonds is 7. The molecule has 1 N–H and O–H groups in total. The minimum atomic E-state index is -0.692. The van der Waals surface area contributed by atoms with E-state index in [0.29, 0.717) is 11.7 Å². The van der Waals surface area contributed by atoms with E-state index in [4.69, 9.17) is 30.8 Å². The number of benzene rings is 2. The van der Waals surface area contributed by atoms with E-state index in [1.165, 1.54) is 6.33 Å². The molecule has 1 aliphatic heterocycles. The first-order valence-corrected chi connectivity index (χ1v) is 16.2. The molecule has 4 heterocycles. The molecule has 0 radical (unpaired) electrons. The molecule has 1 aliphatic carbocycles. The lowest BCUT2D eigenvalue weighted by atomic mass is 9.83. The summed E-state index contributed by atoms with van der Waals surface area (Å²) in [5, 5.41) is 5.83. The number of allylic oxidation sites excluding steroid dienone is 1. The Kier molecular flexibility index (Phi) is 7.63. The predicted molar refractivity (Wildman–Crippen MR) is 182 cm³/mol. The summed E-state index contributed by atoms with van der Waals surface area (Å²) in [6, 6.07) is 18.6. The van der Waals surface area contributed by atoms with Crippen LogP contribution in [0.2, 0.25) is 5.15 Å². The smallest absolute Gasteiger partial charge is 0.163 e. The molecule has 3 aromatic heterocycles. The van der Waals surface area contributed by atoms with Crippen molar-refractivity contribution in [3.05, 3.63) is 94.0 Å². The van der Waals surface area contributed by atoms with Gasteiger partial charge in [0.25, 0.3) is 0 Å². The molecule has 0 unspecified atom stereocenters. The number of ether oxygens (including phenoxy) is 3. The maximum absolute atomic E-state index is 6.59. The second kappa shape index (κ2) is 11.4. The second-order valence-corrected chi connectivity index (χ2v) is 13.9. The lowest BCUT2D eigenvalue weighted by Crippen LogP contribution is -2.32. The summed E-state index contributed by atoms with van der Waals surface area (Å²) in [7, 11) is 1.67. The fourth-order valence-corrected chi connectivity index (χ4v) is 7.55. The highest BCUT2D eigenvalue weighted by atomic mass is 79.9. The normalized spacial score (nSPS) is 24.3. The second-order valence-electron chi connectivity index (χ2n) is 12.7. The zero-order valence-corrected chi connectivity index (χ0v) is 28.2. The minimum absolute atomic E-state index is 0.0178. The van der Waals surface area contributed by atoms with Crippen molar-refractivity contribution in [1.82, 2.24) is 19.5 Å². The number of halogens is 2. The summed E-state index contributed by atoms with van der Waals surface area (Å²) < 4.78 is 21.5. The summed E-state index contributed by atoms with van der Waals surface area (Å²) >= 11 is 10.1. The van der Waals surface area contributed by atoms with E-state index in [2.05, 4.69) is 80.0 Å². The summed E-state index contributed by atoms with van der Waals surface area (Å²) in [4.78, 5) is 13.7. The lowest BCUT2D eigenvalue weighted by molar-refractivity contribution is -0.164. The quantitative estimate of drug-likeness (QED) is 0.172. The van der Waals surface area contributed by atoms with Gasteiger partial charge in [-0.2, -0.15) is 0 Å². The van der Waals surface area contributed by atoms with E-state index in [9.17, 15) is 0 Å². The Balaban J connectivity index is 1.18. The molecule has 2 aliphatic rings. The monoisotopic (exact) mass is 687 g/mol. The van der Waals surface area contributed by atoms with Crippen molar-refractivity contribution in [1.29, 1.82) is 0 Å². The van der Waals surface area contributed by atoms with Crippen molar-refractivity contribution < 1.29 is 14.2 Å². The van der Waals surface area contributed by atoms with E-state index in [1.807, 2.05) is 50.4 Å². The van der Waals surface area contributed by atoms with Crippen LogP contribution in [-0.4, -0.2) is 44.6 Å². The van der Waals surface area contributed by atoms with Crippen LogP contribution in [0.1, 0.15) is 51.3 Å². The average molecular weight is 689 g/mol. The largest absolute Gasteiger partial charge is 0.497 e. The molecule has 0 spiro atoms. The van der Waals surface area contributed by atoms with Crippen molar-refractivity contribution in [3.8, 4) is 5.75 Å². The molecule has 2 aromatic carbocycles. The van der Waals surface area contributed by atoms with Gasteiger partial charge in [0.05, 0.1) is 34.6 Å². The molecule has 4 atom stereocenters. The summed E-state index contributed by atoms with van der Waals surface area (Å²) in [5.41, 5.74) is 4.85. The minimum Gasteiger partial charge on any atom is -0.497 e. The van der Waals surface area contributed by atoms with Gasteiger partial charge in [-0.1, -0.05) is 48.9 Å². The third kappa shape index (κ3) is 5.60. The number of methoxy groups -OCH3 is 1. The highest BCUT2D eigenvalue weighted by Crippen LogP contribution is 2.55. The molecule has 8 nitrogen and oxygen atoms in total. The first kappa shape index (κ1) is 30.2. The van der Waals surface area contributed by atoms with E-state index in [1.54, 1.807) is 7.11 Å². The Labute approximate surface area is 275 Å². The van der Waals surface area contributed by atoms with Crippen LogP contribution in [0.5, 0.6) is 5.75 Å². The van der Waals surface area contributed by atoms with Crippen molar-refractivity contribution >= 4 is 60.9 Å². The van der Waals surface area contributed by atoms with Crippen LogP contribution >= 0.6 is 27.5 Å². The predicted octanol–water partition coefficient (Wildman–Crippen LogP) is 8.59. The molecule has 5 aromatic rings. The van der Waals surface area contributed by atoms with Crippen LogP contribution in [0.4, 0.5) is 5.82 Å². The number of hydrogen-bond donors (Lipinski definition) is 1. The van der Waals surface area contributed by atoms with Crippen LogP contribution in [0.3, 0.4) is 0 Å². The van der Waals surface area contributed by atoms with Crippen LogP contribution in [0.15, 0.2) is 77.7 Å². The standard InChI is InChI=1S/C35H35BrClN5O3/c1-20(22-8-9-23-14-26(36)32(41-27(23)15-22)38-18-21-6-10-24(43-5)11-7-21)16-35(4)17-28(29-30(35)45-34(2,3)44-29)42-13-12-25-31(37)39-19-40-33(25)42/h6-16,19,28-30H,17-18H2,1-5H3,(H,38,41)/b20-16+/t28-,29+,30+,35+/m1/s1. The zero-order chi connectivity index (χ0) is 31.5. The van der Waals surface area contributed by atoms with Gasteiger partial charge in [-0.15, -0.1) is 0 Å². The van der Waals surface area contributed by atoms with Crippen LogP contribution < -0.4 is 10.1 Å². The van der Waals surface area contributed by atoms with Gasteiger partial charge in [0, 0.05) is 23.5 Å². The highest BCUT2D eigenvalue weighted by molar-refractivity contribution is 9.10. The molecule has 45 heavy (non-hydrogen) atoms. The molecule has 232 valence electrons. The number of nitrogens with one attached hydrogen (secondary N) is 1. The molecule has 10 heteroatoms. The number of anilines is 1. The molecule has 7 rings (SSSR count). The summed E-state index contributed by atoms with van der Waals surface area (Å²) in [5.74, 6) is 0.944. The van der Waals surface area contributed by atoms with Gasteiger partial charge in [0.15, 0.2) is 5.79 Å². The lowest BCUT2D eigenvalue weighted by Gasteiger charge is -2.30. The van der Waals surface area contributed by atoms with Crippen molar-refractivity contribution in [2.75, 3.05) is 12.4 Å². The average Bonchev–Trinajstić information content (AvgIpc) is 3.67. The van der Waals surface area contributed by atoms with E-state index in [-0.39, 0.29) is 23.7 Å². The molecule has 2 fully saturated rings. The first-order valence-electron chi connectivity index (χ1n) is 15.0. The van der Waals surface area contributed by atoms with Crippen molar-refractivity contribution in [2.45, 2.75) is 64.7 Å².